The lowest BCUT2D eigenvalue weighted by atomic mass is 10.1. The van der Waals surface area contributed by atoms with Crippen LogP contribution in [0.5, 0.6) is 5.75 Å². The maximum absolute atomic E-state index is 6.32. The van der Waals surface area contributed by atoms with E-state index in [0.29, 0.717) is 0 Å². The molecule has 108 valence electrons. The first kappa shape index (κ1) is 16.3. The van der Waals surface area contributed by atoms with Gasteiger partial charge >= 0.3 is 0 Å². The van der Waals surface area contributed by atoms with E-state index in [1.165, 1.54) is 50.6 Å². The number of rotatable bonds is 10. The minimum Gasteiger partial charge on any atom is -0.544 e. The molecule has 0 N–H and O–H groups in total. The van der Waals surface area contributed by atoms with Crippen LogP contribution in [0.15, 0.2) is 30.3 Å². The van der Waals surface area contributed by atoms with E-state index in [4.69, 9.17) is 4.43 Å². The number of hydrogen-bond acceptors (Lipinski definition) is 1. The Morgan fingerprint density at radius 2 is 1.53 bits per heavy atom. The van der Waals surface area contributed by atoms with Crippen molar-refractivity contribution in [3.8, 4) is 5.75 Å². The lowest BCUT2D eigenvalue weighted by molar-refractivity contribution is 0.528. The molecule has 1 nitrogen and oxygen atoms in total. The van der Waals surface area contributed by atoms with Gasteiger partial charge in [-0.05, 0) is 30.8 Å². The van der Waals surface area contributed by atoms with E-state index in [1.54, 1.807) is 0 Å². The third kappa shape index (κ3) is 6.81. The molecule has 2 heteroatoms. The molecule has 1 atom stereocenters. The second kappa shape index (κ2) is 9.19. The van der Waals surface area contributed by atoms with Crippen LogP contribution < -0.4 is 4.43 Å². The molecule has 1 aromatic rings. The molecule has 0 amide bonds. The van der Waals surface area contributed by atoms with Gasteiger partial charge in [0.2, 0.25) is 8.32 Å². The molecule has 19 heavy (non-hydrogen) atoms. The first-order valence-corrected chi connectivity index (χ1v) is 10.8. The Bertz CT molecular complexity index is 325. The monoisotopic (exact) mass is 278 g/mol. The van der Waals surface area contributed by atoms with Crippen LogP contribution in [0.1, 0.15) is 52.4 Å². The molecule has 0 bridgehead atoms. The average molecular weight is 279 g/mol. The Kier molecular flexibility index (Phi) is 7.88. The first-order valence-electron chi connectivity index (χ1n) is 7.94. The molecule has 0 aromatic heterocycles. The fourth-order valence-electron chi connectivity index (χ4n) is 2.35. The Morgan fingerprint density at radius 3 is 2.16 bits per heavy atom. The number of para-hydroxylation sites is 1. The lowest BCUT2D eigenvalue weighted by Crippen LogP contribution is -2.37. The predicted molar refractivity (Wildman–Crippen MR) is 87.4 cm³/mol. The zero-order valence-electron chi connectivity index (χ0n) is 13.0. The molecule has 0 spiro atoms. The topological polar surface area (TPSA) is 9.23 Å². The molecule has 0 saturated carbocycles. The van der Waals surface area contributed by atoms with Crippen LogP contribution in [0, 0.1) is 0 Å². The summed E-state index contributed by atoms with van der Waals surface area (Å²) in [5.74, 6) is 1.06. The summed E-state index contributed by atoms with van der Waals surface area (Å²) in [5, 5.41) is 0. The first-order chi connectivity index (χ1) is 9.20. The highest BCUT2D eigenvalue weighted by Gasteiger charge is 2.27. The van der Waals surface area contributed by atoms with Crippen molar-refractivity contribution >= 4 is 8.32 Å². The zero-order chi connectivity index (χ0) is 14.0. The van der Waals surface area contributed by atoms with Gasteiger partial charge in [0.05, 0.1) is 0 Å². The predicted octanol–water partition coefficient (Wildman–Crippen LogP) is 6.02. The van der Waals surface area contributed by atoms with Gasteiger partial charge in [-0.25, -0.2) is 0 Å². The van der Waals surface area contributed by atoms with Gasteiger partial charge in [-0.2, -0.15) is 0 Å². The van der Waals surface area contributed by atoms with Crippen LogP contribution >= 0.6 is 0 Å². The fraction of sp³-hybridized carbons (Fsp3) is 0.647. The molecule has 0 aliphatic rings. The van der Waals surface area contributed by atoms with Crippen LogP contribution in [-0.4, -0.2) is 8.32 Å². The van der Waals surface area contributed by atoms with E-state index in [2.05, 4.69) is 44.7 Å². The number of unbranched alkanes of at least 4 members (excludes halogenated alkanes) is 5. The van der Waals surface area contributed by atoms with E-state index < -0.39 is 8.32 Å². The van der Waals surface area contributed by atoms with Gasteiger partial charge in [-0.15, -0.1) is 0 Å². The van der Waals surface area contributed by atoms with Gasteiger partial charge in [-0.3, -0.25) is 0 Å². The van der Waals surface area contributed by atoms with Crippen molar-refractivity contribution in [3.63, 3.8) is 0 Å². The summed E-state index contributed by atoms with van der Waals surface area (Å²) in [5.41, 5.74) is 0. The van der Waals surface area contributed by atoms with E-state index in [1.807, 2.05) is 6.07 Å². The summed E-state index contributed by atoms with van der Waals surface area (Å²) in [6.45, 7) is 6.94. The average Bonchev–Trinajstić information content (AvgIpc) is 2.44. The summed E-state index contributed by atoms with van der Waals surface area (Å²) >= 11 is 0. The highest BCUT2D eigenvalue weighted by atomic mass is 28.4. The normalized spacial score (nSPS) is 14.1. The van der Waals surface area contributed by atoms with Crippen LogP contribution in [0.25, 0.3) is 0 Å². The Balaban J connectivity index is 2.30. The van der Waals surface area contributed by atoms with Crippen molar-refractivity contribution in [3.05, 3.63) is 30.3 Å². The second-order valence-corrected chi connectivity index (χ2v) is 10.0. The van der Waals surface area contributed by atoms with Crippen LogP contribution in [0.2, 0.25) is 18.6 Å². The van der Waals surface area contributed by atoms with E-state index in [9.17, 15) is 0 Å². The van der Waals surface area contributed by atoms with Gasteiger partial charge in [0.1, 0.15) is 5.75 Å². The summed E-state index contributed by atoms with van der Waals surface area (Å²) < 4.78 is 6.32. The van der Waals surface area contributed by atoms with Gasteiger partial charge in [0, 0.05) is 0 Å². The molecule has 1 aromatic carbocycles. The van der Waals surface area contributed by atoms with Crippen LogP contribution in [0.4, 0.5) is 0 Å². The van der Waals surface area contributed by atoms with Crippen molar-refractivity contribution in [2.75, 3.05) is 0 Å². The van der Waals surface area contributed by atoms with E-state index >= 15 is 0 Å². The molecular weight excluding hydrogens is 248 g/mol. The molecular formula is C17H30OSi. The van der Waals surface area contributed by atoms with Gasteiger partial charge in [-0.1, -0.05) is 70.6 Å². The fourth-order valence-corrected chi connectivity index (χ4v) is 4.66. The largest absolute Gasteiger partial charge is 0.544 e. The number of hydrogen-bond donors (Lipinski definition) is 0. The summed E-state index contributed by atoms with van der Waals surface area (Å²) in [7, 11) is -1.53. The highest BCUT2D eigenvalue weighted by molar-refractivity contribution is 6.73. The lowest BCUT2D eigenvalue weighted by Gasteiger charge is -2.27. The molecule has 0 radical (unpaired) electrons. The van der Waals surface area contributed by atoms with E-state index in [-0.39, 0.29) is 0 Å². The molecule has 0 saturated heterocycles. The van der Waals surface area contributed by atoms with Crippen molar-refractivity contribution in [2.45, 2.75) is 71.0 Å². The molecule has 0 aliphatic heterocycles. The summed E-state index contributed by atoms with van der Waals surface area (Å²) in [6, 6.07) is 12.8. The third-order valence-electron chi connectivity index (χ3n) is 3.91. The Labute approximate surface area is 120 Å². The summed E-state index contributed by atoms with van der Waals surface area (Å²) in [4.78, 5) is 0. The molecule has 1 unspecified atom stereocenters. The zero-order valence-corrected chi connectivity index (χ0v) is 14.0. The standard InChI is InChI=1S/C17H30OSi/c1-4-6-7-8-9-13-16-19(3,5-2)18-17-14-11-10-12-15-17/h10-12,14-15H,4-9,13,16H2,1-3H3. The quantitative estimate of drug-likeness (QED) is 0.375. The van der Waals surface area contributed by atoms with Gasteiger partial charge in [0.15, 0.2) is 0 Å². The highest BCUT2D eigenvalue weighted by Crippen LogP contribution is 2.24. The Hall–Kier alpha value is -0.763. The maximum Gasteiger partial charge on any atom is 0.247 e. The van der Waals surface area contributed by atoms with Crippen LogP contribution in [-0.2, 0) is 0 Å². The molecule has 0 aliphatic carbocycles. The Morgan fingerprint density at radius 1 is 0.895 bits per heavy atom. The van der Waals surface area contributed by atoms with Crippen LogP contribution in [0.3, 0.4) is 0 Å². The van der Waals surface area contributed by atoms with Crippen molar-refractivity contribution in [1.82, 2.24) is 0 Å². The van der Waals surface area contributed by atoms with Crippen molar-refractivity contribution < 1.29 is 4.43 Å². The number of benzene rings is 1. The molecule has 0 fully saturated rings. The van der Waals surface area contributed by atoms with E-state index in [0.717, 1.165) is 5.75 Å². The van der Waals surface area contributed by atoms with Gasteiger partial charge in [0.25, 0.3) is 0 Å². The van der Waals surface area contributed by atoms with Crippen molar-refractivity contribution in [2.24, 2.45) is 0 Å². The minimum atomic E-state index is -1.53. The smallest absolute Gasteiger partial charge is 0.247 e. The molecule has 1 rings (SSSR count). The maximum atomic E-state index is 6.32. The third-order valence-corrected chi connectivity index (χ3v) is 7.55. The molecule has 0 heterocycles. The second-order valence-electron chi connectivity index (χ2n) is 5.74. The van der Waals surface area contributed by atoms with Gasteiger partial charge < -0.3 is 4.43 Å². The summed E-state index contributed by atoms with van der Waals surface area (Å²) in [6.07, 6.45) is 8.24. The van der Waals surface area contributed by atoms with Crippen molar-refractivity contribution in [1.29, 1.82) is 0 Å². The minimum absolute atomic E-state index is 1.06. The SMILES string of the molecule is CCCCCCCC[Si](C)(CC)Oc1ccccc1.